The van der Waals surface area contributed by atoms with Gasteiger partial charge in [0.25, 0.3) is 5.91 Å². The van der Waals surface area contributed by atoms with Gasteiger partial charge in [0, 0.05) is 5.56 Å². The van der Waals surface area contributed by atoms with Gasteiger partial charge in [0.05, 0.1) is 28.8 Å². The number of anilines is 2. The molecule has 0 bridgehead atoms. The summed E-state index contributed by atoms with van der Waals surface area (Å²) >= 11 is 0. The molecule has 1 saturated heterocycles. The topological polar surface area (TPSA) is 66.5 Å². The number of carbonyl (C=O) groups excluding carboxylic acids is 3. The van der Waals surface area contributed by atoms with Gasteiger partial charge in [-0.2, -0.15) is 13.2 Å². The number of rotatable bonds is 3. The highest BCUT2D eigenvalue weighted by molar-refractivity contribution is 6.22. The average Bonchev–Trinajstić information content (AvgIpc) is 2.97. The molecule has 2 aliphatic rings. The Morgan fingerprint density at radius 2 is 1.61 bits per heavy atom. The van der Waals surface area contributed by atoms with Crippen LogP contribution in [0.25, 0.3) is 0 Å². The Balaban J connectivity index is 1.52. The lowest BCUT2D eigenvalue weighted by atomic mass is 9.76. The molecule has 1 saturated carbocycles. The van der Waals surface area contributed by atoms with Gasteiger partial charge < -0.3 is 5.32 Å². The number of para-hydroxylation sites is 1. The molecule has 2 aromatic rings. The number of amides is 3. The van der Waals surface area contributed by atoms with E-state index in [1.54, 1.807) is 0 Å². The number of halogens is 3. The standard InChI is InChI=1S/C23H21F3N2O3/c1-13-6-11-16-17(12-13)22(31)28(21(16)30)15-9-7-14(8-10-15)20(29)27-19-5-3-2-4-18(19)23(24,25)26/h2-5,7-10,13,16-17H,6,11-12H2,1H3,(H,27,29)/t13-,16+,17-/m1/s1. The van der Waals surface area contributed by atoms with Crippen molar-refractivity contribution >= 4 is 29.1 Å². The average molecular weight is 430 g/mol. The monoisotopic (exact) mass is 430 g/mol. The van der Waals surface area contributed by atoms with Crippen molar-refractivity contribution < 1.29 is 27.6 Å². The minimum atomic E-state index is -4.60. The van der Waals surface area contributed by atoms with Gasteiger partial charge in [0.2, 0.25) is 11.8 Å². The summed E-state index contributed by atoms with van der Waals surface area (Å²) in [5.41, 5.74) is -0.799. The number of imide groups is 1. The molecular weight excluding hydrogens is 409 g/mol. The Kier molecular flexibility index (Phi) is 5.33. The van der Waals surface area contributed by atoms with Crippen molar-refractivity contribution in [1.29, 1.82) is 0 Å². The molecular formula is C23H21F3N2O3. The molecule has 1 heterocycles. The molecule has 0 spiro atoms. The quantitative estimate of drug-likeness (QED) is 0.706. The highest BCUT2D eigenvalue weighted by Crippen LogP contribution is 2.42. The largest absolute Gasteiger partial charge is 0.418 e. The van der Waals surface area contributed by atoms with Crippen LogP contribution in [-0.2, 0) is 15.8 Å². The lowest BCUT2D eigenvalue weighted by Gasteiger charge is -2.25. The molecule has 3 amide bonds. The van der Waals surface area contributed by atoms with Crippen LogP contribution < -0.4 is 10.2 Å². The molecule has 4 rings (SSSR count). The maximum Gasteiger partial charge on any atom is 0.418 e. The number of nitrogens with one attached hydrogen (secondary N) is 1. The van der Waals surface area contributed by atoms with Crippen molar-refractivity contribution in [2.45, 2.75) is 32.4 Å². The Morgan fingerprint density at radius 3 is 2.29 bits per heavy atom. The fourth-order valence-electron chi connectivity index (χ4n) is 4.44. The first kappa shape index (κ1) is 21.1. The van der Waals surface area contributed by atoms with E-state index < -0.39 is 17.6 Å². The fourth-order valence-corrected chi connectivity index (χ4v) is 4.44. The zero-order chi connectivity index (χ0) is 22.3. The molecule has 2 aromatic carbocycles. The maximum atomic E-state index is 13.1. The number of fused-ring (bicyclic) bond motifs is 1. The van der Waals surface area contributed by atoms with E-state index in [0.29, 0.717) is 24.4 Å². The van der Waals surface area contributed by atoms with E-state index in [1.165, 1.54) is 47.4 Å². The summed E-state index contributed by atoms with van der Waals surface area (Å²) < 4.78 is 39.4. The van der Waals surface area contributed by atoms with Gasteiger partial charge in [-0.1, -0.05) is 19.1 Å². The van der Waals surface area contributed by atoms with Crippen molar-refractivity contribution in [3.05, 3.63) is 59.7 Å². The lowest BCUT2D eigenvalue weighted by Crippen LogP contribution is -2.30. The Labute approximate surface area is 177 Å². The van der Waals surface area contributed by atoms with E-state index in [2.05, 4.69) is 12.2 Å². The Morgan fingerprint density at radius 1 is 0.968 bits per heavy atom. The number of hydrogen-bond acceptors (Lipinski definition) is 3. The van der Waals surface area contributed by atoms with Crippen LogP contribution in [0.5, 0.6) is 0 Å². The first-order chi connectivity index (χ1) is 14.7. The normalized spacial score (nSPS) is 23.6. The predicted molar refractivity (Wildman–Crippen MR) is 108 cm³/mol. The summed E-state index contributed by atoms with van der Waals surface area (Å²) in [6.07, 6.45) is -2.32. The van der Waals surface area contributed by atoms with Crippen LogP contribution in [-0.4, -0.2) is 17.7 Å². The number of carbonyl (C=O) groups is 3. The summed E-state index contributed by atoms with van der Waals surface area (Å²) in [7, 11) is 0. The van der Waals surface area contributed by atoms with Crippen molar-refractivity contribution in [3.63, 3.8) is 0 Å². The number of hydrogen-bond donors (Lipinski definition) is 1. The number of nitrogens with zero attached hydrogens (tertiary/aromatic N) is 1. The van der Waals surface area contributed by atoms with E-state index in [-0.39, 0.29) is 34.9 Å². The fraction of sp³-hybridized carbons (Fsp3) is 0.348. The molecule has 1 aliphatic carbocycles. The third-order valence-electron chi connectivity index (χ3n) is 6.06. The van der Waals surface area contributed by atoms with Gasteiger partial charge in [0.1, 0.15) is 0 Å². The van der Waals surface area contributed by atoms with Gasteiger partial charge >= 0.3 is 6.18 Å². The summed E-state index contributed by atoms with van der Waals surface area (Å²) in [4.78, 5) is 39.2. The second-order valence-electron chi connectivity index (χ2n) is 8.19. The molecule has 1 aliphatic heterocycles. The van der Waals surface area contributed by atoms with Gasteiger partial charge in [0.15, 0.2) is 0 Å². The van der Waals surface area contributed by atoms with Crippen LogP contribution in [0.4, 0.5) is 24.5 Å². The molecule has 0 unspecified atom stereocenters. The lowest BCUT2D eigenvalue weighted by molar-refractivity contribution is -0.137. The van der Waals surface area contributed by atoms with E-state index in [0.717, 1.165) is 12.5 Å². The van der Waals surface area contributed by atoms with Crippen LogP contribution in [0, 0.1) is 17.8 Å². The molecule has 31 heavy (non-hydrogen) atoms. The predicted octanol–water partition coefficient (Wildman–Crippen LogP) is 4.88. The van der Waals surface area contributed by atoms with Gasteiger partial charge in [-0.3, -0.25) is 19.3 Å². The number of alkyl halides is 3. The van der Waals surface area contributed by atoms with E-state index in [1.807, 2.05) is 0 Å². The van der Waals surface area contributed by atoms with Gasteiger partial charge in [-0.15, -0.1) is 0 Å². The minimum absolute atomic E-state index is 0.117. The summed E-state index contributed by atoms with van der Waals surface area (Å²) in [5, 5.41) is 2.28. The van der Waals surface area contributed by atoms with Crippen LogP contribution in [0.3, 0.4) is 0 Å². The van der Waals surface area contributed by atoms with Crippen LogP contribution in [0.15, 0.2) is 48.5 Å². The van der Waals surface area contributed by atoms with Gasteiger partial charge in [-0.05, 0) is 61.6 Å². The van der Waals surface area contributed by atoms with E-state index in [9.17, 15) is 27.6 Å². The minimum Gasteiger partial charge on any atom is -0.321 e. The smallest absolute Gasteiger partial charge is 0.321 e. The van der Waals surface area contributed by atoms with Crippen LogP contribution >= 0.6 is 0 Å². The summed E-state index contributed by atoms with van der Waals surface area (Å²) in [6, 6.07) is 10.5. The molecule has 2 fully saturated rings. The number of benzene rings is 2. The Hall–Kier alpha value is -3.16. The van der Waals surface area contributed by atoms with Crippen LogP contribution in [0.1, 0.15) is 42.1 Å². The SMILES string of the molecule is C[C@@H]1CC[C@@H]2C(=O)N(c3ccc(C(=O)Nc4ccccc4C(F)(F)F)cc3)C(=O)[C@@H]2C1. The molecule has 5 nitrogen and oxygen atoms in total. The van der Waals surface area contributed by atoms with E-state index in [4.69, 9.17) is 0 Å². The van der Waals surface area contributed by atoms with E-state index >= 15 is 0 Å². The zero-order valence-electron chi connectivity index (χ0n) is 16.8. The van der Waals surface area contributed by atoms with Crippen molar-refractivity contribution in [1.82, 2.24) is 0 Å². The molecule has 8 heteroatoms. The molecule has 162 valence electrons. The van der Waals surface area contributed by atoms with Crippen molar-refractivity contribution in [2.24, 2.45) is 17.8 Å². The van der Waals surface area contributed by atoms with Crippen molar-refractivity contribution in [2.75, 3.05) is 10.2 Å². The molecule has 1 N–H and O–H groups in total. The summed E-state index contributed by atoms with van der Waals surface area (Å²) in [6.45, 7) is 2.07. The highest BCUT2D eigenvalue weighted by Gasteiger charge is 2.49. The first-order valence-electron chi connectivity index (χ1n) is 10.1. The first-order valence-corrected chi connectivity index (χ1v) is 10.1. The summed E-state index contributed by atoms with van der Waals surface area (Å²) in [5.74, 6) is -1.38. The Bertz CT molecular complexity index is 1030. The maximum absolute atomic E-state index is 13.1. The highest BCUT2D eigenvalue weighted by atomic mass is 19.4. The molecule has 3 atom stereocenters. The molecule has 0 aromatic heterocycles. The second kappa shape index (κ2) is 7.83. The second-order valence-corrected chi connectivity index (χ2v) is 8.19. The van der Waals surface area contributed by atoms with Crippen molar-refractivity contribution in [3.8, 4) is 0 Å². The third-order valence-corrected chi connectivity index (χ3v) is 6.06. The van der Waals surface area contributed by atoms with Gasteiger partial charge in [-0.25, -0.2) is 0 Å². The zero-order valence-corrected chi connectivity index (χ0v) is 16.8. The molecule has 0 radical (unpaired) electrons. The van der Waals surface area contributed by atoms with Crippen LogP contribution in [0.2, 0.25) is 0 Å². The third kappa shape index (κ3) is 3.94.